The molecule has 0 aliphatic heterocycles. The van der Waals surface area contributed by atoms with E-state index in [1.807, 2.05) is 0 Å². The van der Waals surface area contributed by atoms with Gasteiger partial charge in [0.25, 0.3) is 5.69 Å². The van der Waals surface area contributed by atoms with Crippen LogP contribution in [0.2, 0.25) is 5.02 Å². The largest absolute Gasteiger partial charge is 0.478 e. The minimum atomic E-state index is -1.13. The number of hydrogen-bond donors (Lipinski definition) is 2. The molecule has 0 fully saturated rings. The molecule has 0 bridgehead atoms. The predicted molar refractivity (Wildman–Crippen MR) is 76.6 cm³/mol. The SMILES string of the molecule is O=C(O)c1cnc(NCc2ccccc2[N+](=O)[O-])c(Cl)c1. The Morgan fingerprint density at radius 1 is 1.43 bits per heavy atom. The molecular weight excluding hydrogens is 298 g/mol. The molecule has 7 nitrogen and oxygen atoms in total. The zero-order valence-electron chi connectivity index (χ0n) is 10.6. The summed E-state index contributed by atoms with van der Waals surface area (Å²) in [5.41, 5.74) is 0.433. The van der Waals surface area contributed by atoms with Crippen molar-refractivity contribution in [3.63, 3.8) is 0 Å². The molecule has 8 heteroatoms. The molecule has 0 atom stereocenters. The van der Waals surface area contributed by atoms with Crippen molar-refractivity contribution in [3.8, 4) is 0 Å². The van der Waals surface area contributed by atoms with E-state index in [0.29, 0.717) is 5.56 Å². The van der Waals surface area contributed by atoms with E-state index in [0.717, 1.165) is 6.20 Å². The fourth-order valence-corrected chi connectivity index (χ4v) is 1.94. The number of benzene rings is 1. The van der Waals surface area contributed by atoms with Crippen molar-refractivity contribution in [2.45, 2.75) is 6.54 Å². The van der Waals surface area contributed by atoms with Gasteiger partial charge in [-0.3, -0.25) is 10.1 Å². The molecule has 0 saturated heterocycles. The maximum atomic E-state index is 10.9. The molecule has 1 aromatic carbocycles. The zero-order valence-corrected chi connectivity index (χ0v) is 11.4. The second-order valence-corrected chi connectivity index (χ2v) is 4.51. The lowest BCUT2D eigenvalue weighted by Crippen LogP contribution is -2.06. The van der Waals surface area contributed by atoms with Gasteiger partial charge in [-0.25, -0.2) is 9.78 Å². The summed E-state index contributed by atoms with van der Waals surface area (Å²) in [5.74, 6) is -0.866. The number of anilines is 1. The van der Waals surface area contributed by atoms with Crippen LogP contribution >= 0.6 is 11.6 Å². The third-order valence-corrected chi connectivity index (χ3v) is 3.01. The molecule has 0 aliphatic carbocycles. The summed E-state index contributed by atoms with van der Waals surface area (Å²) in [4.78, 5) is 25.1. The number of hydrogen-bond acceptors (Lipinski definition) is 5. The first-order valence-corrected chi connectivity index (χ1v) is 6.22. The number of para-hydroxylation sites is 1. The number of carboxylic acids is 1. The Labute approximate surface area is 124 Å². The van der Waals surface area contributed by atoms with Crippen LogP contribution in [0, 0.1) is 10.1 Å². The number of pyridine rings is 1. The van der Waals surface area contributed by atoms with Gasteiger partial charge in [0.2, 0.25) is 0 Å². The normalized spacial score (nSPS) is 10.1. The highest BCUT2D eigenvalue weighted by atomic mass is 35.5. The number of nitro benzene ring substituents is 1. The first-order valence-electron chi connectivity index (χ1n) is 5.84. The van der Waals surface area contributed by atoms with Gasteiger partial charge in [0.1, 0.15) is 5.82 Å². The van der Waals surface area contributed by atoms with Gasteiger partial charge in [-0.15, -0.1) is 0 Å². The van der Waals surface area contributed by atoms with Crippen LogP contribution in [-0.2, 0) is 6.54 Å². The lowest BCUT2D eigenvalue weighted by Gasteiger charge is -2.08. The number of nitrogens with one attached hydrogen (secondary N) is 1. The Bertz CT molecular complexity index is 706. The van der Waals surface area contributed by atoms with E-state index in [-0.39, 0.29) is 28.6 Å². The van der Waals surface area contributed by atoms with E-state index in [9.17, 15) is 14.9 Å². The standard InChI is InChI=1S/C13H10ClN3O4/c14-10-5-9(13(18)19)7-16-12(10)15-6-8-3-1-2-4-11(8)17(20)21/h1-5,7H,6H2,(H,15,16)(H,18,19). The number of aromatic carboxylic acids is 1. The number of carboxylic acid groups (broad SMARTS) is 1. The van der Waals surface area contributed by atoms with Crippen LogP contribution < -0.4 is 5.32 Å². The molecule has 1 heterocycles. The second-order valence-electron chi connectivity index (χ2n) is 4.10. The second kappa shape index (κ2) is 6.19. The fourth-order valence-electron chi connectivity index (χ4n) is 1.70. The summed E-state index contributed by atoms with van der Waals surface area (Å²) < 4.78 is 0. The molecule has 1 aromatic heterocycles. The molecule has 2 N–H and O–H groups in total. The molecule has 0 radical (unpaired) electrons. The van der Waals surface area contributed by atoms with Gasteiger partial charge < -0.3 is 10.4 Å². The molecule has 2 aromatic rings. The number of carbonyl (C=O) groups is 1. The zero-order chi connectivity index (χ0) is 15.4. The van der Waals surface area contributed by atoms with Crippen LogP contribution in [0.25, 0.3) is 0 Å². The maximum absolute atomic E-state index is 10.9. The van der Waals surface area contributed by atoms with Gasteiger partial charge >= 0.3 is 5.97 Å². The highest BCUT2D eigenvalue weighted by molar-refractivity contribution is 6.33. The van der Waals surface area contributed by atoms with E-state index in [4.69, 9.17) is 16.7 Å². The average molecular weight is 308 g/mol. The van der Waals surface area contributed by atoms with E-state index in [1.165, 1.54) is 12.1 Å². The highest BCUT2D eigenvalue weighted by Crippen LogP contribution is 2.23. The van der Waals surface area contributed by atoms with Crippen LogP contribution in [0.15, 0.2) is 36.5 Å². The van der Waals surface area contributed by atoms with Crippen LogP contribution in [0.5, 0.6) is 0 Å². The number of nitrogens with zero attached hydrogens (tertiary/aromatic N) is 2. The van der Waals surface area contributed by atoms with Crippen LogP contribution in [-0.4, -0.2) is 21.0 Å². The number of nitro groups is 1. The third-order valence-electron chi connectivity index (χ3n) is 2.72. The van der Waals surface area contributed by atoms with Crippen LogP contribution in [0.4, 0.5) is 11.5 Å². The third kappa shape index (κ3) is 3.46. The summed E-state index contributed by atoms with van der Waals surface area (Å²) in [6.45, 7) is 0.149. The van der Waals surface area contributed by atoms with Gasteiger partial charge in [-0.1, -0.05) is 29.8 Å². The molecule has 0 saturated carbocycles. The van der Waals surface area contributed by atoms with Crippen molar-refractivity contribution >= 4 is 29.1 Å². The molecule has 0 amide bonds. The topological polar surface area (TPSA) is 105 Å². The van der Waals surface area contributed by atoms with Crippen molar-refractivity contribution in [2.24, 2.45) is 0 Å². The van der Waals surface area contributed by atoms with Crippen molar-refractivity contribution in [1.82, 2.24) is 4.98 Å². The van der Waals surface area contributed by atoms with Crippen LogP contribution in [0.3, 0.4) is 0 Å². The lowest BCUT2D eigenvalue weighted by molar-refractivity contribution is -0.385. The van der Waals surface area contributed by atoms with Gasteiger partial charge in [-0.05, 0) is 6.07 Å². The first-order chi connectivity index (χ1) is 9.99. The summed E-state index contributed by atoms with van der Waals surface area (Å²) in [5, 5.41) is 22.7. The average Bonchev–Trinajstić information content (AvgIpc) is 2.46. The minimum absolute atomic E-state index is 0.0109. The smallest absolute Gasteiger partial charge is 0.337 e. The summed E-state index contributed by atoms with van der Waals surface area (Å²) in [6.07, 6.45) is 1.16. The molecular formula is C13H10ClN3O4. The first kappa shape index (κ1) is 14.7. The summed E-state index contributed by atoms with van der Waals surface area (Å²) in [6, 6.07) is 7.55. The van der Waals surface area contributed by atoms with E-state index in [2.05, 4.69) is 10.3 Å². The summed E-state index contributed by atoms with van der Waals surface area (Å²) >= 11 is 5.92. The van der Waals surface area contributed by atoms with Crippen molar-refractivity contribution in [2.75, 3.05) is 5.32 Å². The predicted octanol–water partition coefficient (Wildman–Crippen LogP) is 2.95. The van der Waals surface area contributed by atoms with E-state index < -0.39 is 10.9 Å². The Morgan fingerprint density at radius 2 is 2.14 bits per heavy atom. The quantitative estimate of drug-likeness (QED) is 0.650. The molecule has 108 valence electrons. The molecule has 21 heavy (non-hydrogen) atoms. The summed E-state index contributed by atoms with van der Waals surface area (Å²) in [7, 11) is 0. The Hall–Kier alpha value is -2.67. The van der Waals surface area contributed by atoms with E-state index >= 15 is 0 Å². The van der Waals surface area contributed by atoms with E-state index in [1.54, 1.807) is 18.2 Å². The van der Waals surface area contributed by atoms with Crippen molar-refractivity contribution < 1.29 is 14.8 Å². The Balaban J connectivity index is 2.17. The number of aromatic nitrogens is 1. The van der Waals surface area contributed by atoms with Gasteiger partial charge in [-0.2, -0.15) is 0 Å². The Morgan fingerprint density at radius 3 is 2.76 bits per heavy atom. The highest BCUT2D eigenvalue weighted by Gasteiger charge is 2.13. The minimum Gasteiger partial charge on any atom is -0.478 e. The van der Waals surface area contributed by atoms with Crippen molar-refractivity contribution in [1.29, 1.82) is 0 Å². The van der Waals surface area contributed by atoms with Gasteiger partial charge in [0, 0.05) is 24.4 Å². The van der Waals surface area contributed by atoms with Gasteiger partial charge in [0.15, 0.2) is 0 Å². The fraction of sp³-hybridized carbons (Fsp3) is 0.0769. The molecule has 2 rings (SSSR count). The lowest BCUT2D eigenvalue weighted by atomic mass is 10.2. The number of halogens is 1. The molecule has 0 unspecified atom stereocenters. The number of rotatable bonds is 5. The molecule has 0 spiro atoms. The van der Waals surface area contributed by atoms with Crippen molar-refractivity contribution in [3.05, 3.63) is 62.8 Å². The van der Waals surface area contributed by atoms with Crippen LogP contribution in [0.1, 0.15) is 15.9 Å². The molecule has 0 aliphatic rings. The Kier molecular flexibility index (Phi) is 4.34. The van der Waals surface area contributed by atoms with Gasteiger partial charge in [0.05, 0.1) is 15.5 Å². The maximum Gasteiger partial charge on any atom is 0.337 e. The monoisotopic (exact) mass is 307 g/mol.